The van der Waals surface area contributed by atoms with Gasteiger partial charge in [0.15, 0.2) is 6.10 Å². The van der Waals surface area contributed by atoms with E-state index in [1.54, 1.807) is 12.1 Å². The van der Waals surface area contributed by atoms with Crippen LogP contribution in [0.4, 0.5) is 4.79 Å². The molecule has 3 N–H and O–H groups in total. The lowest BCUT2D eigenvalue weighted by molar-refractivity contribution is -0.128. The van der Waals surface area contributed by atoms with Gasteiger partial charge < -0.3 is 15.4 Å². The van der Waals surface area contributed by atoms with E-state index in [-0.39, 0.29) is 12.5 Å². The highest BCUT2D eigenvalue weighted by Gasteiger charge is 2.32. The number of benzene rings is 2. The van der Waals surface area contributed by atoms with Crippen LogP contribution in [0.15, 0.2) is 48.5 Å². The Hall–Kier alpha value is -3.06. The molecule has 1 aliphatic heterocycles. The first-order valence-electron chi connectivity index (χ1n) is 8.05. The third-order valence-corrected chi connectivity index (χ3v) is 4.50. The first-order valence-corrected chi connectivity index (χ1v) is 8.43. The zero-order valence-electron chi connectivity index (χ0n) is 13.5. The summed E-state index contributed by atoms with van der Waals surface area (Å²) in [6.45, 7) is 0.141. The van der Waals surface area contributed by atoms with E-state index in [0.29, 0.717) is 5.02 Å². The predicted molar refractivity (Wildman–Crippen MR) is 95.8 cm³/mol. The number of alkyl carbamates (subject to hydrolysis) is 1. The molecule has 4 rings (SSSR count). The lowest BCUT2D eigenvalue weighted by Gasteiger charge is -2.20. The van der Waals surface area contributed by atoms with E-state index >= 15 is 0 Å². The number of fused-ring (bicyclic) bond motifs is 1. The van der Waals surface area contributed by atoms with Crippen molar-refractivity contribution in [1.29, 1.82) is 0 Å². The third kappa shape index (κ3) is 3.09. The normalized spacial score (nSPS) is 17.6. The number of cyclic esters (lactones) is 1. The van der Waals surface area contributed by atoms with Gasteiger partial charge in [0.05, 0.1) is 23.8 Å². The van der Waals surface area contributed by atoms with Crippen LogP contribution in [0.3, 0.4) is 0 Å². The molecule has 8 heteroatoms. The zero-order chi connectivity index (χ0) is 18.1. The smallest absolute Gasteiger partial charge is 0.408 e. The number of ether oxygens (including phenoxy) is 1. The SMILES string of the molecule is O=C1NCC(C(=O)NC(c2ccc(Cl)cc2)c2[nH]nc3ccccc23)O1. The van der Waals surface area contributed by atoms with Gasteiger partial charge >= 0.3 is 6.09 Å². The fourth-order valence-corrected chi connectivity index (χ4v) is 3.07. The first-order chi connectivity index (χ1) is 12.6. The van der Waals surface area contributed by atoms with E-state index < -0.39 is 18.2 Å². The van der Waals surface area contributed by atoms with Crippen molar-refractivity contribution < 1.29 is 14.3 Å². The van der Waals surface area contributed by atoms with E-state index in [1.165, 1.54) is 0 Å². The number of para-hydroxylation sites is 1. The largest absolute Gasteiger partial charge is 0.434 e. The molecule has 26 heavy (non-hydrogen) atoms. The molecule has 1 fully saturated rings. The number of nitrogens with one attached hydrogen (secondary N) is 3. The van der Waals surface area contributed by atoms with Gasteiger partial charge in [-0.05, 0) is 23.8 Å². The highest BCUT2D eigenvalue weighted by Crippen LogP contribution is 2.28. The Morgan fingerprint density at radius 1 is 1.23 bits per heavy atom. The number of aromatic nitrogens is 2. The second-order valence-corrected chi connectivity index (χ2v) is 6.36. The lowest BCUT2D eigenvalue weighted by atomic mass is 10.0. The van der Waals surface area contributed by atoms with E-state index in [0.717, 1.165) is 22.2 Å². The van der Waals surface area contributed by atoms with Gasteiger partial charge in [0.2, 0.25) is 0 Å². The van der Waals surface area contributed by atoms with Gasteiger partial charge in [0.1, 0.15) is 0 Å². The number of amides is 2. The van der Waals surface area contributed by atoms with Crippen LogP contribution in [0, 0.1) is 0 Å². The minimum atomic E-state index is -0.869. The fourth-order valence-electron chi connectivity index (χ4n) is 2.95. The van der Waals surface area contributed by atoms with Crippen LogP contribution < -0.4 is 10.6 Å². The molecule has 7 nitrogen and oxygen atoms in total. The molecule has 2 amide bonds. The number of rotatable bonds is 4. The van der Waals surface area contributed by atoms with Gasteiger partial charge in [-0.15, -0.1) is 0 Å². The Bertz CT molecular complexity index is 970. The minimum absolute atomic E-state index is 0.141. The van der Waals surface area contributed by atoms with Crippen LogP contribution in [-0.4, -0.2) is 34.8 Å². The number of aromatic amines is 1. The molecular weight excluding hydrogens is 356 g/mol. The van der Waals surface area contributed by atoms with Crippen molar-refractivity contribution >= 4 is 34.5 Å². The van der Waals surface area contributed by atoms with Gasteiger partial charge in [-0.1, -0.05) is 41.9 Å². The summed E-state index contributed by atoms with van der Waals surface area (Å²) in [5.74, 6) is -0.387. The Kier molecular flexibility index (Phi) is 4.22. The average molecular weight is 371 g/mol. The molecule has 132 valence electrons. The molecule has 1 saturated heterocycles. The fraction of sp³-hybridized carbons (Fsp3) is 0.167. The zero-order valence-corrected chi connectivity index (χ0v) is 14.3. The number of halogens is 1. The van der Waals surface area contributed by atoms with Crippen LogP contribution in [0.1, 0.15) is 17.3 Å². The van der Waals surface area contributed by atoms with Crippen molar-refractivity contribution in [3.05, 3.63) is 64.8 Å². The van der Waals surface area contributed by atoms with E-state index in [2.05, 4.69) is 20.8 Å². The Labute approximate surface area is 153 Å². The highest BCUT2D eigenvalue weighted by molar-refractivity contribution is 6.30. The van der Waals surface area contributed by atoms with E-state index in [4.69, 9.17) is 16.3 Å². The number of hydrogen-bond acceptors (Lipinski definition) is 4. The molecule has 3 aromatic rings. The molecule has 2 unspecified atom stereocenters. The number of carbonyl (C=O) groups is 2. The van der Waals surface area contributed by atoms with E-state index in [1.807, 2.05) is 36.4 Å². The van der Waals surface area contributed by atoms with Crippen molar-refractivity contribution in [2.75, 3.05) is 6.54 Å². The minimum Gasteiger partial charge on any atom is -0.434 e. The number of H-pyrrole nitrogens is 1. The molecule has 1 aromatic heterocycles. The summed E-state index contributed by atoms with van der Waals surface area (Å²) in [4.78, 5) is 23.8. The maximum atomic E-state index is 12.6. The van der Waals surface area contributed by atoms with Crippen LogP contribution >= 0.6 is 11.6 Å². The second kappa shape index (κ2) is 6.68. The molecule has 0 bridgehead atoms. The summed E-state index contributed by atoms with van der Waals surface area (Å²) in [5, 5.41) is 14.2. The lowest BCUT2D eigenvalue weighted by Crippen LogP contribution is -2.39. The molecule has 2 aromatic carbocycles. The highest BCUT2D eigenvalue weighted by atomic mass is 35.5. The standard InChI is InChI=1S/C18H15ClN4O3/c19-11-7-5-10(6-8-11)15(21-17(24)14-9-20-18(25)26-14)16-12-3-1-2-4-13(12)22-23-16/h1-8,14-15H,9H2,(H,20,25)(H,21,24)(H,22,23). The third-order valence-electron chi connectivity index (χ3n) is 4.24. The van der Waals surface area contributed by atoms with Crippen LogP contribution in [-0.2, 0) is 9.53 Å². The molecule has 0 radical (unpaired) electrons. The van der Waals surface area contributed by atoms with E-state index in [9.17, 15) is 9.59 Å². The van der Waals surface area contributed by atoms with Gasteiger partial charge in [-0.2, -0.15) is 5.10 Å². The quantitative estimate of drug-likeness (QED) is 0.657. The van der Waals surface area contributed by atoms with Gasteiger partial charge in [0, 0.05) is 10.4 Å². The maximum Gasteiger partial charge on any atom is 0.408 e. The van der Waals surface area contributed by atoms with Crippen molar-refractivity contribution in [1.82, 2.24) is 20.8 Å². The molecule has 1 aliphatic rings. The Morgan fingerprint density at radius 2 is 2.00 bits per heavy atom. The Morgan fingerprint density at radius 3 is 2.73 bits per heavy atom. The molecule has 2 heterocycles. The first kappa shape index (κ1) is 16.4. The number of carbonyl (C=O) groups excluding carboxylic acids is 2. The second-order valence-electron chi connectivity index (χ2n) is 5.92. The monoisotopic (exact) mass is 370 g/mol. The Balaban J connectivity index is 1.71. The van der Waals surface area contributed by atoms with Crippen molar-refractivity contribution in [2.24, 2.45) is 0 Å². The van der Waals surface area contributed by atoms with Gasteiger partial charge in [-0.25, -0.2) is 4.79 Å². The summed E-state index contributed by atoms with van der Waals surface area (Å²) in [7, 11) is 0. The molecule has 0 saturated carbocycles. The predicted octanol–water partition coefficient (Wildman–Crippen LogP) is 2.53. The van der Waals surface area contributed by atoms with Gasteiger partial charge in [0.25, 0.3) is 5.91 Å². The van der Waals surface area contributed by atoms with Crippen molar-refractivity contribution in [3.8, 4) is 0 Å². The summed E-state index contributed by atoms with van der Waals surface area (Å²) in [5.41, 5.74) is 2.37. The maximum absolute atomic E-state index is 12.6. The molecule has 0 spiro atoms. The summed E-state index contributed by atoms with van der Waals surface area (Å²) >= 11 is 5.99. The van der Waals surface area contributed by atoms with Crippen LogP contribution in [0.2, 0.25) is 5.02 Å². The van der Waals surface area contributed by atoms with Gasteiger partial charge in [-0.3, -0.25) is 9.89 Å². The van der Waals surface area contributed by atoms with Crippen molar-refractivity contribution in [3.63, 3.8) is 0 Å². The summed E-state index contributed by atoms with van der Waals surface area (Å²) in [6.07, 6.45) is -1.47. The number of hydrogen-bond donors (Lipinski definition) is 3. The number of nitrogens with zero attached hydrogens (tertiary/aromatic N) is 1. The summed E-state index contributed by atoms with van der Waals surface area (Å²) in [6, 6.07) is 14.3. The average Bonchev–Trinajstić information content (AvgIpc) is 3.27. The summed E-state index contributed by atoms with van der Waals surface area (Å²) < 4.78 is 4.97. The van der Waals surface area contributed by atoms with Crippen molar-refractivity contribution in [2.45, 2.75) is 12.1 Å². The molecule has 0 aliphatic carbocycles. The molecular formula is C18H15ClN4O3. The van der Waals surface area contributed by atoms with Crippen LogP contribution in [0.5, 0.6) is 0 Å². The topological polar surface area (TPSA) is 96.1 Å². The molecule has 2 atom stereocenters. The van der Waals surface area contributed by atoms with Crippen LogP contribution in [0.25, 0.3) is 10.9 Å².